The number of fused-ring (bicyclic) bond motifs is 12. The van der Waals surface area contributed by atoms with Crippen LogP contribution in [0.1, 0.15) is 52.7 Å². The molecule has 0 bridgehead atoms. The van der Waals surface area contributed by atoms with Gasteiger partial charge >= 0.3 is 0 Å². The van der Waals surface area contributed by atoms with Gasteiger partial charge in [0.1, 0.15) is 22.3 Å². The van der Waals surface area contributed by atoms with Gasteiger partial charge < -0.3 is 8.83 Å². The minimum absolute atomic E-state index is 0.0804. The fourth-order valence-electron chi connectivity index (χ4n) is 9.12. The number of para-hydroxylation sites is 4. The highest BCUT2D eigenvalue weighted by Crippen LogP contribution is 2.45. The van der Waals surface area contributed by atoms with Crippen molar-refractivity contribution in [2.24, 2.45) is 0 Å². The molecular formula is C54H42N2O2. The predicted molar refractivity (Wildman–Crippen MR) is 243 cm³/mol. The van der Waals surface area contributed by atoms with Gasteiger partial charge in [-0.15, -0.1) is 0 Å². The molecule has 0 spiro atoms. The summed E-state index contributed by atoms with van der Waals surface area (Å²) in [5, 5.41) is 8.99. The molecule has 3 aromatic heterocycles. The number of aromatic nitrogens is 2. The average Bonchev–Trinajstić information content (AvgIpc) is 3.81. The van der Waals surface area contributed by atoms with E-state index in [-0.39, 0.29) is 10.8 Å². The summed E-state index contributed by atoms with van der Waals surface area (Å²) >= 11 is 0. The highest BCUT2D eigenvalue weighted by Gasteiger charge is 2.24. The second kappa shape index (κ2) is 12.4. The van der Waals surface area contributed by atoms with Crippen molar-refractivity contribution in [2.75, 3.05) is 0 Å². The Labute approximate surface area is 336 Å². The van der Waals surface area contributed by atoms with Crippen LogP contribution in [0.4, 0.5) is 0 Å². The number of benzene rings is 8. The summed E-state index contributed by atoms with van der Waals surface area (Å²) in [6, 6.07) is 49.8. The standard InChI is InChI=1S/C54H42N2O2/c1-53(2,3)44-25-13-23-42-40-21-11-19-34(49(40)57-51(42)44)31-27-32(35-20-12-22-41-43-24-14-26-45(54(4,5)6)52(43)58-50(35)41)29-33(28-31)46-30-55-47-38-17-9-7-15-36(38)37-16-8-10-18-39(37)48(47)56-46/h7-30H,1-6H3. The summed E-state index contributed by atoms with van der Waals surface area (Å²) < 4.78 is 13.9. The summed E-state index contributed by atoms with van der Waals surface area (Å²) in [4.78, 5) is 10.6. The molecule has 0 aliphatic carbocycles. The average molecular weight is 751 g/mol. The van der Waals surface area contributed by atoms with E-state index in [2.05, 4.69) is 181 Å². The molecule has 0 aliphatic rings. The Bertz CT molecular complexity index is 3290. The molecule has 0 atom stereocenters. The van der Waals surface area contributed by atoms with Gasteiger partial charge in [0.05, 0.1) is 22.9 Å². The van der Waals surface area contributed by atoms with Crippen LogP contribution in [0.2, 0.25) is 0 Å². The van der Waals surface area contributed by atoms with Gasteiger partial charge in [-0.3, -0.25) is 4.98 Å². The van der Waals surface area contributed by atoms with Crippen LogP contribution in [-0.4, -0.2) is 9.97 Å². The topological polar surface area (TPSA) is 52.1 Å². The molecular weight excluding hydrogens is 709 g/mol. The monoisotopic (exact) mass is 750 g/mol. The van der Waals surface area contributed by atoms with E-state index in [4.69, 9.17) is 18.8 Å². The number of hydrogen-bond donors (Lipinski definition) is 0. The van der Waals surface area contributed by atoms with Gasteiger partial charge in [0.15, 0.2) is 0 Å². The first-order valence-corrected chi connectivity index (χ1v) is 20.1. The zero-order chi connectivity index (χ0) is 39.5. The van der Waals surface area contributed by atoms with E-state index in [1.165, 1.54) is 21.9 Å². The number of rotatable bonds is 3. The Morgan fingerprint density at radius 2 is 0.776 bits per heavy atom. The maximum absolute atomic E-state index is 6.94. The van der Waals surface area contributed by atoms with Crippen molar-refractivity contribution in [1.29, 1.82) is 0 Å². The van der Waals surface area contributed by atoms with Crippen LogP contribution < -0.4 is 0 Å². The highest BCUT2D eigenvalue weighted by atomic mass is 16.3. The Morgan fingerprint density at radius 1 is 0.379 bits per heavy atom. The molecule has 0 aliphatic heterocycles. The molecule has 0 N–H and O–H groups in total. The van der Waals surface area contributed by atoms with Crippen molar-refractivity contribution in [2.45, 2.75) is 52.4 Å². The van der Waals surface area contributed by atoms with Crippen molar-refractivity contribution < 1.29 is 8.83 Å². The number of furan rings is 2. The molecule has 0 radical (unpaired) electrons. The number of hydrogen-bond acceptors (Lipinski definition) is 4. The normalized spacial score (nSPS) is 12.7. The minimum Gasteiger partial charge on any atom is -0.455 e. The molecule has 0 unspecified atom stereocenters. The highest BCUT2D eigenvalue weighted by molar-refractivity contribution is 6.23. The van der Waals surface area contributed by atoms with E-state index in [0.717, 1.165) is 99.2 Å². The van der Waals surface area contributed by atoms with E-state index < -0.39 is 0 Å². The quantitative estimate of drug-likeness (QED) is 0.169. The summed E-state index contributed by atoms with van der Waals surface area (Å²) in [6.45, 7) is 13.4. The Kier molecular flexibility index (Phi) is 7.34. The largest absolute Gasteiger partial charge is 0.455 e. The van der Waals surface area contributed by atoms with Crippen molar-refractivity contribution in [3.05, 3.63) is 157 Å². The van der Waals surface area contributed by atoms with Gasteiger partial charge in [-0.25, -0.2) is 4.98 Å². The molecule has 0 saturated heterocycles. The fraction of sp³-hybridized carbons (Fsp3) is 0.148. The van der Waals surface area contributed by atoms with E-state index in [9.17, 15) is 0 Å². The smallest absolute Gasteiger partial charge is 0.143 e. The van der Waals surface area contributed by atoms with Crippen LogP contribution in [0.15, 0.2) is 155 Å². The fourth-order valence-corrected chi connectivity index (χ4v) is 9.12. The van der Waals surface area contributed by atoms with Crippen LogP contribution in [0.5, 0.6) is 0 Å². The molecule has 11 aromatic rings. The zero-order valence-electron chi connectivity index (χ0n) is 33.6. The first kappa shape index (κ1) is 34.5. The van der Waals surface area contributed by atoms with Gasteiger partial charge in [0.2, 0.25) is 0 Å². The summed E-state index contributed by atoms with van der Waals surface area (Å²) in [7, 11) is 0. The SMILES string of the molecule is CC(C)(C)c1cccc2c1oc1c(-c3cc(-c4cnc5c6ccccc6c6ccccc6c5n4)cc(-c4cccc5c4oc4c(C(C)(C)C)cccc45)c3)cccc12. The predicted octanol–water partition coefficient (Wildman–Crippen LogP) is 15.3. The van der Waals surface area contributed by atoms with Crippen LogP contribution >= 0.6 is 0 Å². The summed E-state index contributed by atoms with van der Waals surface area (Å²) in [5.41, 5.74) is 13.5. The molecule has 58 heavy (non-hydrogen) atoms. The molecule has 0 amide bonds. The van der Waals surface area contributed by atoms with Gasteiger partial charge in [0, 0.05) is 60.1 Å². The second-order valence-corrected chi connectivity index (χ2v) is 17.8. The molecule has 3 heterocycles. The Hall–Kier alpha value is -6.78. The van der Waals surface area contributed by atoms with E-state index >= 15 is 0 Å². The lowest BCUT2D eigenvalue weighted by molar-refractivity contribution is 0.572. The molecule has 0 saturated carbocycles. The molecule has 0 fully saturated rings. The molecule has 4 nitrogen and oxygen atoms in total. The van der Waals surface area contributed by atoms with Gasteiger partial charge in [-0.2, -0.15) is 0 Å². The Balaban J connectivity index is 1.21. The van der Waals surface area contributed by atoms with Crippen molar-refractivity contribution in [3.63, 3.8) is 0 Å². The zero-order valence-corrected chi connectivity index (χ0v) is 33.6. The van der Waals surface area contributed by atoms with Crippen LogP contribution in [0.3, 0.4) is 0 Å². The van der Waals surface area contributed by atoms with Crippen molar-refractivity contribution in [1.82, 2.24) is 9.97 Å². The summed E-state index contributed by atoms with van der Waals surface area (Å²) in [5.74, 6) is 0. The molecule has 280 valence electrons. The van der Waals surface area contributed by atoms with Gasteiger partial charge in [-0.05, 0) is 50.9 Å². The lowest BCUT2D eigenvalue weighted by Crippen LogP contribution is -2.10. The van der Waals surface area contributed by atoms with Crippen LogP contribution in [0.25, 0.3) is 110 Å². The maximum atomic E-state index is 6.94. The van der Waals surface area contributed by atoms with E-state index in [1.54, 1.807) is 0 Å². The van der Waals surface area contributed by atoms with Gasteiger partial charge in [-0.1, -0.05) is 163 Å². The lowest BCUT2D eigenvalue weighted by atomic mass is 9.86. The van der Waals surface area contributed by atoms with E-state index in [0.29, 0.717) is 0 Å². The molecule has 4 heteroatoms. The number of nitrogens with zero attached hydrogens (tertiary/aromatic N) is 2. The summed E-state index contributed by atoms with van der Waals surface area (Å²) in [6.07, 6.45) is 1.93. The van der Waals surface area contributed by atoms with E-state index in [1.807, 2.05) is 6.20 Å². The molecule has 8 aromatic carbocycles. The first-order chi connectivity index (χ1) is 28.0. The lowest BCUT2D eigenvalue weighted by Gasteiger charge is -2.18. The van der Waals surface area contributed by atoms with Crippen molar-refractivity contribution >= 4 is 76.5 Å². The third-order valence-corrected chi connectivity index (χ3v) is 11.9. The second-order valence-electron chi connectivity index (χ2n) is 17.8. The Morgan fingerprint density at radius 3 is 1.26 bits per heavy atom. The van der Waals surface area contributed by atoms with Crippen LogP contribution in [0, 0.1) is 0 Å². The minimum atomic E-state index is -0.0804. The van der Waals surface area contributed by atoms with Crippen molar-refractivity contribution in [3.8, 4) is 33.5 Å². The maximum Gasteiger partial charge on any atom is 0.143 e. The van der Waals surface area contributed by atoms with Gasteiger partial charge in [0.25, 0.3) is 0 Å². The third-order valence-electron chi connectivity index (χ3n) is 11.9. The first-order valence-electron chi connectivity index (χ1n) is 20.1. The van der Waals surface area contributed by atoms with Crippen LogP contribution in [-0.2, 0) is 10.8 Å². The molecule has 11 rings (SSSR count). The third kappa shape index (κ3) is 5.21.